The Morgan fingerprint density at radius 3 is 2.67 bits per heavy atom. The lowest BCUT2D eigenvalue weighted by atomic mass is 9.82. The lowest BCUT2D eigenvalue weighted by molar-refractivity contribution is 0.254. The Labute approximate surface area is 110 Å². The number of nitrogens with two attached hydrogens (primary N) is 2. The molecule has 0 amide bonds. The fraction of sp³-hybridized carbons (Fsp3) is 0.692. The van der Waals surface area contributed by atoms with E-state index in [-0.39, 0.29) is 11.6 Å². The van der Waals surface area contributed by atoms with Gasteiger partial charge in [-0.15, -0.1) is 0 Å². The Bertz CT molecular complexity index is 338. The van der Waals surface area contributed by atoms with Crippen molar-refractivity contribution in [2.75, 3.05) is 34.3 Å². The molecular weight excluding hydrogens is 228 g/mol. The lowest BCUT2D eigenvalue weighted by Gasteiger charge is -2.39. The molecule has 0 aromatic heterocycles. The maximum atomic E-state index is 6.26. The molecule has 0 aromatic rings. The quantitative estimate of drug-likeness (QED) is 0.622. The lowest BCUT2D eigenvalue weighted by Crippen LogP contribution is -2.59. The van der Waals surface area contributed by atoms with E-state index in [1.165, 1.54) is 0 Å². The highest BCUT2D eigenvalue weighted by Crippen LogP contribution is 2.27. The molecule has 0 fully saturated rings. The fourth-order valence-corrected chi connectivity index (χ4v) is 2.25. The van der Waals surface area contributed by atoms with E-state index in [1.54, 1.807) is 7.11 Å². The largest absolute Gasteiger partial charge is 0.495 e. The van der Waals surface area contributed by atoms with E-state index < -0.39 is 0 Å². The predicted octanol–water partition coefficient (Wildman–Crippen LogP) is 0.000200. The number of hydrogen-bond donors (Lipinski definition) is 3. The molecule has 0 aliphatic heterocycles. The standard InChI is InChI=1S/C13H26N4O/c1-5-16-13(6-7-17(2)3)9-11(18-4)10(14)8-12(13)15/h8-9,12,16H,5-7,14-15H2,1-4H3. The third-order valence-electron chi connectivity index (χ3n) is 3.33. The van der Waals surface area contributed by atoms with Crippen LogP contribution < -0.4 is 16.8 Å². The first-order valence-electron chi connectivity index (χ1n) is 6.35. The number of likely N-dealkylation sites (N-methyl/N-ethyl adjacent to an activating group) is 1. The molecule has 5 N–H and O–H groups in total. The molecule has 5 heteroatoms. The summed E-state index contributed by atoms with van der Waals surface area (Å²) in [6.45, 7) is 3.87. The Morgan fingerprint density at radius 1 is 1.50 bits per heavy atom. The average molecular weight is 254 g/mol. The van der Waals surface area contributed by atoms with Gasteiger partial charge >= 0.3 is 0 Å². The number of methoxy groups -OCH3 is 1. The monoisotopic (exact) mass is 254 g/mol. The van der Waals surface area contributed by atoms with E-state index in [0.29, 0.717) is 11.5 Å². The van der Waals surface area contributed by atoms with E-state index in [0.717, 1.165) is 19.5 Å². The van der Waals surface area contributed by atoms with Gasteiger partial charge in [-0.3, -0.25) is 0 Å². The van der Waals surface area contributed by atoms with Crippen molar-refractivity contribution < 1.29 is 4.74 Å². The molecule has 2 atom stereocenters. The minimum Gasteiger partial charge on any atom is -0.495 e. The van der Waals surface area contributed by atoms with E-state index in [4.69, 9.17) is 16.2 Å². The number of rotatable bonds is 6. The van der Waals surface area contributed by atoms with Crippen molar-refractivity contribution >= 4 is 0 Å². The molecule has 0 spiro atoms. The first-order valence-corrected chi connectivity index (χ1v) is 6.35. The molecule has 0 radical (unpaired) electrons. The number of ether oxygens (including phenoxy) is 1. The zero-order valence-corrected chi connectivity index (χ0v) is 11.9. The van der Waals surface area contributed by atoms with Gasteiger partial charge in [0.2, 0.25) is 0 Å². The molecule has 0 saturated carbocycles. The van der Waals surface area contributed by atoms with Crippen molar-refractivity contribution in [3.05, 3.63) is 23.6 Å². The van der Waals surface area contributed by atoms with E-state index >= 15 is 0 Å². The Hall–Kier alpha value is -1.04. The van der Waals surface area contributed by atoms with Crippen molar-refractivity contribution in [3.63, 3.8) is 0 Å². The normalized spacial score (nSPS) is 28.0. The number of nitrogens with zero attached hydrogens (tertiary/aromatic N) is 1. The molecule has 0 saturated heterocycles. The van der Waals surface area contributed by atoms with Crippen LogP contribution in [0.2, 0.25) is 0 Å². The molecule has 18 heavy (non-hydrogen) atoms. The molecule has 5 nitrogen and oxygen atoms in total. The topological polar surface area (TPSA) is 76.5 Å². The van der Waals surface area contributed by atoms with Gasteiger partial charge in [-0.05, 0) is 45.8 Å². The van der Waals surface area contributed by atoms with Crippen LogP contribution in [-0.4, -0.2) is 50.8 Å². The van der Waals surface area contributed by atoms with Gasteiger partial charge in [0, 0.05) is 6.04 Å². The highest BCUT2D eigenvalue weighted by molar-refractivity contribution is 5.37. The van der Waals surface area contributed by atoms with Crippen LogP contribution in [0.5, 0.6) is 0 Å². The van der Waals surface area contributed by atoms with Crippen LogP contribution in [0.3, 0.4) is 0 Å². The molecular formula is C13H26N4O. The summed E-state index contributed by atoms with van der Waals surface area (Å²) in [6.07, 6.45) is 4.81. The predicted molar refractivity (Wildman–Crippen MR) is 74.9 cm³/mol. The number of hydrogen-bond acceptors (Lipinski definition) is 5. The summed E-state index contributed by atoms with van der Waals surface area (Å²) in [4.78, 5) is 2.15. The van der Waals surface area contributed by atoms with Gasteiger partial charge in [0.05, 0.1) is 18.3 Å². The van der Waals surface area contributed by atoms with Crippen LogP contribution in [-0.2, 0) is 4.74 Å². The molecule has 0 bridgehead atoms. The van der Waals surface area contributed by atoms with Crippen LogP contribution in [0.25, 0.3) is 0 Å². The second-order valence-electron chi connectivity index (χ2n) is 4.98. The van der Waals surface area contributed by atoms with Crippen LogP contribution >= 0.6 is 0 Å². The minimum absolute atomic E-state index is 0.142. The molecule has 1 aliphatic carbocycles. The minimum atomic E-state index is -0.284. The zero-order valence-electron chi connectivity index (χ0n) is 11.9. The maximum Gasteiger partial charge on any atom is 0.139 e. The van der Waals surface area contributed by atoms with Gasteiger partial charge in [0.25, 0.3) is 0 Å². The zero-order chi connectivity index (χ0) is 13.8. The van der Waals surface area contributed by atoms with Gasteiger partial charge in [-0.25, -0.2) is 0 Å². The average Bonchev–Trinajstić information content (AvgIpc) is 2.31. The maximum absolute atomic E-state index is 6.26. The summed E-state index contributed by atoms with van der Waals surface area (Å²) in [6, 6.07) is -0.142. The first kappa shape index (κ1) is 15.0. The first-order chi connectivity index (χ1) is 8.45. The molecule has 1 rings (SSSR count). The summed E-state index contributed by atoms with van der Waals surface area (Å²) >= 11 is 0. The summed E-state index contributed by atoms with van der Waals surface area (Å²) in [5, 5.41) is 3.48. The van der Waals surface area contributed by atoms with Gasteiger partial charge in [0.15, 0.2) is 0 Å². The summed E-state index contributed by atoms with van der Waals surface area (Å²) in [5.41, 5.74) is 12.5. The van der Waals surface area contributed by atoms with Crippen LogP contribution in [0.15, 0.2) is 23.6 Å². The Kier molecular flexibility index (Phi) is 5.19. The molecule has 2 unspecified atom stereocenters. The third-order valence-corrected chi connectivity index (χ3v) is 3.33. The molecule has 0 heterocycles. The third kappa shape index (κ3) is 3.25. The molecule has 104 valence electrons. The van der Waals surface area contributed by atoms with Crippen molar-refractivity contribution in [1.29, 1.82) is 0 Å². The molecule has 1 aliphatic rings. The second-order valence-corrected chi connectivity index (χ2v) is 4.98. The van der Waals surface area contributed by atoms with Crippen molar-refractivity contribution in [3.8, 4) is 0 Å². The van der Waals surface area contributed by atoms with Crippen molar-refractivity contribution in [2.24, 2.45) is 11.5 Å². The van der Waals surface area contributed by atoms with Crippen LogP contribution in [0, 0.1) is 0 Å². The van der Waals surface area contributed by atoms with Crippen LogP contribution in [0.1, 0.15) is 13.3 Å². The van der Waals surface area contributed by atoms with E-state index in [2.05, 4.69) is 31.2 Å². The smallest absolute Gasteiger partial charge is 0.139 e. The summed E-state index contributed by atoms with van der Waals surface area (Å²) in [5.74, 6) is 0.705. The van der Waals surface area contributed by atoms with Gasteiger partial charge < -0.3 is 26.4 Å². The summed E-state index contributed by atoms with van der Waals surface area (Å²) in [7, 11) is 5.74. The highest BCUT2D eigenvalue weighted by atomic mass is 16.5. The SMILES string of the molecule is CCNC1(CCN(C)C)C=C(OC)C(N)=CC1N. The fourth-order valence-electron chi connectivity index (χ4n) is 2.25. The van der Waals surface area contributed by atoms with Gasteiger partial charge in [0.1, 0.15) is 5.76 Å². The van der Waals surface area contributed by atoms with E-state index in [9.17, 15) is 0 Å². The van der Waals surface area contributed by atoms with Gasteiger partial charge in [-0.1, -0.05) is 6.92 Å². The molecule has 0 aromatic carbocycles. The highest BCUT2D eigenvalue weighted by Gasteiger charge is 2.36. The number of nitrogens with one attached hydrogen (secondary N) is 1. The summed E-state index contributed by atoms with van der Waals surface area (Å²) < 4.78 is 5.32. The Morgan fingerprint density at radius 2 is 2.17 bits per heavy atom. The Balaban J connectivity index is 2.98. The van der Waals surface area contributed by atoms with Gasteiger partial charge in [-0.2, -0.15) is 0 Å². The van der Waals surface area contributed by atoms with Crippen LogP contribution in [0.4, 0.5) is 0 Å². The second kappa shape index (κ2) is 6.22. The van der Waals surface area contributed by atoms with Crippen molar-refractivity contribution in [1.82, 2.24) is 10.2 Å². The van der Waals surface area contributed by atoms with E-state index in [1.807, 2.05) is 12.2 Å². The van der Waals surface area contributed by atoms with Crippen molar-refractivity contribution in [2.45, 2.75) is 24.9 Å².